The fourth-order valence-corrected chi connectivity index (χ4v) is 4.69. The molecular weight excluding hydrogens is 460 g/mol. The van der Waals surface area contributed by atoms with Crippen molar-refractivity contribution in [2.24, 2.45) is 0 Å². The highest BCUT2D eigenvalue weighted by Gasteiger charge is 2.49. The minimum absolute atomic E-state index is 0.108. The smallest absolute Gasteiger partial charge is 0.267 e. The van der Waals surface area contributed by atoms with E-state index in [0.717, 1.165) is 11.1 Å². The van der Waals surface area contributed by atoms with Gasteiger partial charge in [-0.05, 0) is 18.6 Å². The molecule has 2 fully saturated rings. The maximum absolute atomic E-state index is 13.7. The zero-order valence-electron chi connectivity index (χ0n) is 18.8. The standard InChI is InChI=1S/C23H23F2N7O3/c1-26-19-7-15(13-8-27-20-12(13)3-2-6-31(20)16-10-35-11-17(16)33)29-21-14(9-28-32(19)21)22(34)30-18-4-5-23(18,24)25/h2-3,6-9,16-18,26,33H,4-5,10-11H2,1H3,(H,30,34)/t16?,17-,18-/m0/s1. The average molecular weight is 483 g/mol. The number of aliphatic hydroxyl groups is 1. The lowest BCUT2D eigenvalue weighted by atomic mass is 9.88. The molecule has 1 saturated carbocycles. The van der Waals surface area contributed by atoms with Crippen molar-refractivity contribution in [2.45, 2.75) is 37.0 Å². The molecule has 0 radical (unpaired) electrons. The molecule has 5 heterocycles. The third-order valence-electron chi connectivity index (χ3n) is 6.81. The van der Waals surface area contributed by atoms with Gasteiger partial charge in [-0.25, -0.2) is 18.7 Å². The zero-order chi connectivity index (χ0) is 24.3. The largest absolute Gasteiger partial charge is 0.388 e. The number of rotatable bonds is 5. The van der Waals surface area contributed by atoms with Crippen molar-refractivity contribution in [2.75, 3.05) is 25.6 Å². The second-order valence-corrected chi connectivity index (χ2v) is 8.89. The van der Waals surface area contributed by atoms with E-state index >= 15 is 0 Å². The summed E-state index contributed by atoms with van der Waals surface area (Å²) in [5.74, 6) is -2.31. The molecule has 12 heteroatoms. The van der Waals surface area contributed by atoms with Crippen LogP contribution >= 0.6 is 0 Å². The summed E-state index contributed by atoms with van der Waals surface area (Å²) in [5.41, 5.74) is 2.42. The summed E-state index contributed by atoms with van der Waals surface area (Å²) in [4.78, 5) is 22.1. The molecular formula is C23H23F2N7O3. The highest BCUT2D eigenvalue weighted by Crippen LogP contribution is 2.38. The molecule has 6 rings (SSSR count). The van der Waals surface area contributed by atoms with Crippen LogP contribution in [0.4, 0.5) is 14.6 Å². The van der Waals surface area contributed by atoms with Gasteiger partial charge in [-0.3, -0.25) is 4.79 Å². The lowest BCUT2D eigenvalue weighted by Crippen LogP contribution is -2.55. The van der Waals surface area contributed by atoms with Gasteiger partial charge in [-0.2, -0.15) is 9.61 Å². The van der Waals surface area contributed by atoms with Gasteiger partial charge >= 0.3 is 0 Å². The number of carbonyl (C=O) groups is 1. The topological polar surface area (TPSA) is 119 Å². The molecule has 35 heavy (non-hydrogen) atoms. The molecule has 4 aliphatic rings. The predicted octanol–water partition coefficient (Wildman–Crippen LogP) is 2.20. The summed E-state index contributed by atoms with van der Waals surface area (Å²) in [6, 6.07) is 4.12. The van der Waals surface area contributed by atoms with Gasteiger partial charge in [0.2, 0.25) is 0 Å². The monoisotopic (exact) mass is 483 g/mol. The van der Waals surface area contributed by atoms with Crippen LogP contribution in [0, 0.1) is 0 Å². The Morgan fingerprint density at radius 3 is 2.83 bits per heavy atom. The van der Waals surface area contributed by atoms with E-state index in [-0.39, 0.29) is 36.7 Å². The molecule has 182 valence electrons. The number of carbonyl (C=O) groups excluding carboxylic acids is 1. The zero-order valence-corrected chi connectivity index (χ0v) is 18.8. The predicted molar refractivity (Wildman–Crippen MR) is 122 cm³/mol. The van der Waals surface area contributed by atoms with Crippen LogP contribution in [0.15, 0.2) is 36.8 Å². The van der Waals surface area contributed by atoms with Gasteiger partial charge in [0.1, 0.15) is 23.3 Å². The fourth-order valence-electron chi connectivity index (χ4n) is 4.69. The lowest BCUT2D eigenvalue weighted by Gasteiger charge is -2.36. The number of aromatic nitrogens is 5. The first-order valence-electron chi connectivity index (χ1n) is 11.3. The van der Waals surface area contributed by atoms with Crippen LogP contribution in [0.2, 0.25) is 0 Å². The van der Waals surface area contributed by atoms with E-state index in [1.165, 1.54) is 10.7 Å². The van der Waals surface area contributed by atoms with E-state index in [1.807, 2.05) is 22.9 Å². The first-order valence-corrected chi connectivity index (χ1v) is 11.3. The molecule has 0 aromatic carbocycles. The molecule has 3 N–H and O–H groups in total. The van der Waals surface area contributed by atoms with Crippen molar-refractivity contribution in [1.29, 1.82) is 0 Å². The Hall–Kier alpha value is -3.64. The first kappa shape index (κ1) is 21.9. The summed E-state index contributed by atoms with van der Waals surface area (Å²) in [5, 5.41) is 20.0. The maximum Gasteiger partial charge on any atom is 0.267 e. The highest BCUT2D eigenvalue weighted by molar-refractivity contribution is 6.00. The van der Waals surface area contributed by atoms with Crippen molar-refractivity contribution in [3.63, 3.8) is 0 Å². The number of nitrogens with zero attached hydrogens (tertiary/aromatic N) is 5. The lowest BCUT2D eigenvalue weighted by molar-refractivity contribution is -0.102. The number of alkyl halides is 2. The summed E-state index contributed by atoms with van der Waals surface area (Å²) in [6.45, 7) is 0.653. The maximum atomic E-state index is 13.7. The van der Waals surface area contributed by atoms with Crippen molar-refractivity contribution in [3.05, 3.63) is 42.4 Å². The molecule has 10 nitrogen and oxygen atoms in total. The van der Waals surface area contributed by atoms with Gasteiger partial charge in [0.15, 0.2) is 5.65 Å². The fraction of sp³-hybridized carbons (Fsp3) is 0.391. The van der Waals surface area contributed by atoms with E-state index in [9.17, 15) is 18.7 Å². The number of nitrogens with one attached hydrogen (secondary N) is 2. The molecule has 0 spiro atoms. The minimum Gasteiger partial charge on any atom is -0.388 e. The molecule has 1 aliphatic carbocycles. The number of amides is 1. The van der Waals surface area contributed by atoms with Crippen molar-refractivity contribution >= 4 is 17.4 Å². The Balaban J connectivity index is 1.40. The van der Waals surface area contributed by atoms with Crippen molar-refractivity contribution in [3.8, 4) is 22.6 Å². The third kappa shape index (κ3) is 3.43. The molecule has 0 bridgehead atoms. The van der Waals surface area contributed by atoms with Gasteiger partial charge in [0, 0.05) is 43.1 Å². The Morgan fingerprint density at radius 1 is 1.29 bits per heavy atom. The quantitative estimate of drug-likeness (QED) is 0.398. The number of anilines is 1. The Morgan fingerprint density at radius 2 is 2.14 bits per heavy atom. The number of ether oxygens (including phenoxy) is 1. The molecule has 3 aliphatic heterocycles. The molecule has 1 unspecified atom stereocenters. The number of halogens is 2. The second kappa shape index (κ2) is 7.95. The van der Waals surface area contributed by atoms with E-state index in [4.69, 9.17) is 4.74 Å². The van der Waals surface area contributed by atoms with Gasteiger partial charge in [-0.1, -0.05) is 0 Å². The summed E-state index contributed by atoms with van der Waals surface area (Å²) in [6.07, 6.45) is 4.23. The molecule has 2 aromatic heterocycles. The molecule has 3 atom stereocenters. The Labute approximate surface area is 198 Å². The number of aliphatic hydroxyl groups excluding tert-OH is 1. The van der Waals surface area contributed by atoms with Crippen LogP contribution in [-0.2, 0) is 4.74 Å². The average Bonchev–Trinajstić information content (AvgIpc) is 3.58. The van der Waals surface area contributed by atoms with E-state index < -0.39 is 24.0 Å². The van der Waals surface area contributed by atoms with Crippen LogP contribution in [0.25, 0.3) is 28.3 Å². The van der Waals surface area contributed by atoms with Gasteiger partial charge in [0.05, 0.1) is 37.2 Å². The summed E-state index contributed by atoms with van der Waals surface area (Å²) in [7, 11) is 1.71. The Bertz CT molecular complexity index is 1400. The summed E-state index contributed by atoms with van der Waals surface area (Å²) < 4.78 is 36.2. The van der Waals surface area contributed by atoms with Crippen LogP contribution in [0.3, 0.4) is 0 Å². The Kier molecular flexibility index (Phi) is 4.97. The first-order chi connectivity index (χ1) is 16.9. The molecule has 1 amide bonds. The van der Waals surface area contributed by atoms with Gasteiger partial charge in [-0.15, -0.1) is 0 Å². The number of fused-ring (bicyclic) bond motifs is 2. The summed E-state index contributed by atoms with van der Waals surface area (Å²) >= 11 is 0. The van der Waals surface area contributed by atoms with Gasteiger partial charge in [0.25, 0.3) is 11.8 Å². The highest BCUT2D eigenvalue weighted by atomic mass is 19.3. The van der Waals surface area contributed by atoms with E-state index in [1.54, 1.807) is 19.3 Å². The van der Waals surface area contributed by atoms with Gasteiger partial charge < -0.3 is 25.0 Å². The van der Waals surface area contributed by atoms with Crippen LogP contribution in [0.5, 0.6) is 0 Å². The third-order valence-corrected chi connectivity index (χ3v) is 6.81. The molecule has 1 saturated heterocycles. The minimum atomic E-state index is -2.90. The van der Waals surface area contributed by atoms with Crippen LogP contribution in [-0.4, -0.2) is 73.5 Å². The number of hydrogen-bond acceptors (Lipinski definition) is 7. The second-order valence-electron chi connectivity index (χ2n) is 8.89. The number of hydrogen-bond donors (Lipinski definition) is 3. The SMILES string of the molecule is CNc1cc(-c2cnc3n(C4COC[C@@H]4O)cccc2-3)nc2c(C(=O)N[C@H]3CCC3(F)F)cnn12. The van der Waals surface area contributed by atoms with E-state index in [0.29, 0.717) is 23.9 Å². The van der Waals surface area contributed by atoms with E-state index in [2.05, 4.69) is 25.7 Å². The molecule has 2 aromatic rings. The number of pyridine rings is 1. The normalized spacial score (nSPS) is 23.5. The van der Waals surface area contributed by atoms with Crippen LogP contribution in [0.1, 0.15) is 29.2 Å². The van der Waals surface area contributed by atoms with Crippen molar-refractivity contribution in [1.82, 2.24) is 29.5 Å². The van der Waals surface area contributed by atoms with Crippen molar-refractivity contribution < 1.29 is 23.4 Å². The van der Waals surface area contributed by atoms with Crippen LogP contribution < -0.4 is 10.6 Å².